The number of benzene rings is 2. The number of carbonyl (C=O) groups excluding carboxylic acids is 2. The van der Waals surface area contributed by atoms with Gasteiger partial charge in [0.05, 0.1) is 18.0 Å². The Hall–Kier alpha value is -3.76. The van der Waals surface area contributed by atoms with Crippen molar-refractivity contribution in [1.29, 1.82) is 0 Å². The molecule has 4 N–H and O–H groups in total. The van der Waals surface area contributed by atoms with Crippen molar-refractivity contribution in [1.82, 2.24) is 15.6 Å². The van der Waals surface area contributed by atoms with E-state index in [1.54, 1.807) is 11.7 Å². The second-order valence-corrected chi connectivity index (χ2v) is 9.16. The predicted octanol–water partition coefficient (Wildman–Crippen LogP) is 2.54. The van der Waals surface area contributed by atoms with E-state index in [1.165, 1.54) is 11.3 Å². The molecule has 0 aliphatic heterocycles. The van der Waals surface area contributed by atoms with Crippen LogP contribution >= 0.6 is 11.3 Å². The number of carboxylic acids is 1. The van der Waals surface area contributed by atoms with Gasteiger partial charge < -0.3 is 25.6 Å². The molecule has 0 fully saturated rings. The number of ether oxygens (including phenoxy) is 1. The third-order valence-corrected chi connectivity index (χ3v) is 6.57. The van der Waals surface area contributed by atoms with Crippen LogP contribution in [0.4, 0.5) is 4.79 Å². The number of nitrogens with zero attached hydrogens (tertiary/aromatic N) is 1. The van der Waals surface area contributed by atoms with Gasteiger partial charge in [-0.15, -0.1) is 11.3 Å². The van der Waals surface area contributed by atoms with Crippen LogP contribution in [0.2, 0.25) is 0 Å². The van der Waals surface area contributed by atoms with Crippen molar-refractivity contribution < 1.29 is 29.3 Å². The monoisotopic (exact) mass is 495 g/mol. The quantitative estimate of drug-likeness (QED) is 0.339. The van der Waals surface area contributed by atoms with E-state index in [1.807, 2.05) is 48.5 Å². The molecule has 182 valence electrons. The number of thiazole rings is 1. The summed E-state index contributed by atoms with van der Waals surface area (Å²) >= 11 is 1.34. The van der Waals surface area contributed by atoms with Gasteiger partial charge in [-0.2, -0.15) is 0 Å². The van der Waals surface area contributed by atoms with Gasteiger partial charge in [0.15, 0.2) is 0 Å². The average Bonchev–Trinajstić information content (AvgIpc) is 3.46. The summed E-state index contributed by atoms with van der Waals surface area (Å²) in [7, 11) is 0. The smallest absolute Gasteiger partial charge is 0.407 e. The molecule has 0 saturated carbocycles. The number of aliphatic carboxylic acids is 1. The first-order valence-electron chi connectivity index (χ1n) is 11.1. The minimum absolute atomic E-state index is 0.103. The first-order chi connectivity index (χ1) is 16.9. The van der Waals surface area contributed by atoms with Gasteiger partial charge in [0.2, 0.25) is 5.91 Å². The standard InChI is InChI=1S/C25H25N3O6S/c29-15(9-23(30)31)11-27-24(32)22(10-16-12-26-14-35-16)28-25(33)34-13-21-19-7-3-1-5-17(19)18-6-2-4-8-20(18)21/h1-8,12,14-15,21-22,29H,9-11,13H2,(H,27,32)(H,28,33)(H,30,31). The Morgan fingerprint density at radius 2 is 1.71 bits per heavy atom. The number of alkyl carbamates (subject to hydrolysis) is 1. The summed E-state index contributed by atoms with van der Waals surface area (Å²) in [5.41, 5.74) is 5.99. The lowest BCUT2D eigenvalue weighted by Gasteiger charge is -2.20. The number of hydrogen-bond donors (Lipinski definition) is 4. The zero-order valence-corrected chi connectivity index (χ0v) is 19.5. The molecule has 0 bridgehead atoms. The second-order valence-electron chi connectivity index (χ2n) is 8.19. The Morgan fingerprint density at radius 3 is 2.31 bits per heavy atom. The van der Waals surface area contributed by atoms with Gasteiger partial charge in [0.25, 0.3) is 0 Å². The lowest BCUT2D eigenvalue weighted by atomic mass is 9.98. The number of nitrogens with one attached hydrogen (secondary N) is 2. The van der Waals surface area contributed by atoms with Gasteiger partial charge in [-0.25, -0.2) is 4.79 Å². The van der Waals surface area contributed by atoms with E-state index >= 15 is 0 Å². The van der Waals surface area contributed by atoms with E-state index in [0.29, 0.717) is 0 Å². The van der Waals surface area contributed by atoms with Crippen molar-refractivity contribution in [2.75, 3.05) is 13.2 Å². The molecule has 2 amide bonds. The summed E-state index contributed by atoms with van der Waals surface area (Å²) in [6.07, 6.45) is -0.712. The molecule has 2 atom stereocenters. The van der Waals surface area contributed by atoms with Crippen LogP contribution in [0.1, 0.15) is 28.3 Å². The highest BCUT2D eigenvalue weighted by Crippen LogP contribution is 2.44. The maximum Gasteiger partial charge on any atom is 0.407 e. The van der Waals surface area contributed by atoms with Crippen molar-refractivity contribution in [3.63, 3.8) is 0 Å². The molecule has 0 radical (unpaired) electrons. The average molecular weight is 496 g/mol. The number of amides is 2. The highest BCUT2D eigenvalue weighted by molar-refractivity contribution is 7.09. The molecule has 1 aliphatic rings. The number of rotatable bonds is 10. The molecule has 9 nitrogen and oxygen atoms in total. The fourth-order valence-corrected chi connectivity index (χ4v) is 4.79. The molecule has 0 saturated heterocycles. The number of fused-ring (bicyclic) bond motifs is 3. The largest absolute Gasteiger partial charge is 0.481 e. The molecule has 2 aromatic carbocycles. The van der Waals surface area contributed by atoms with Gasteiger partial charge >= 0.3 is 12.1 Å². The van der Waals surface area contributed by atoms with Gasteiger partial charge in [-0.1, -0.05) is 48.5 Å². The zero-order valence-electron chi connectivity index (χ0n) is 18.7. The van der Waals surface area contributed by atoms with Crippen molar-refractivity contribution >= 4 is 29.3 Å². The van der Waals surface area contributed by atoms with E-state index in [2.05, 4.69) is 15.6 Å². The summed E-state index contributed by atoms with van der Waals surface area (Å²) in [5.74, 6) is -1.85. The Kier molecular flexibility index (Phi) is 7.74. The van der Waals surface area contributed by atoms with E-state index in [0.717, 1.165) is 27.1 Å². The third kappa shape index (κ3) is 6.03. The number of aliphatic hydroxyl groups excluding tert-OH is 1. The van der Waals surface area contributed by atoms with E-state index in [-0.39, 0.29) is 25.5 Å². The van der Waals surface area contributed by atoms with Crippen LogP contribution in [0.5, 0.6) is 0 Å². The van der Waals surface area contributed by atoms with Crippen molar-refractivity contribution in [3.8, 4) is 11.1 Å². The topological polar surface area (TPSA) is 138 Å². The lowest BCUT2D eigenvalue weighted by molar-refractivity contribution is -0.139. The summed E-state index contributed by atoms with van der Waals surface area (Å²) in [5, 5.41) is 23.6. The van der Waals surface area contributed by atoms with Gasteiger partial charge in [-0.05, 0) is 22.3 Å². The Balaban J connectivity index is 1.40. The summed E-state index contributed by atoms with van der Waals surface area (Å²) in [6, 6.07) is 15.0. The summed E-state index contributed by atoms with van der Waals surface area (Å²) < 4.78 is 5.55. The fourth-order valence-electron chi connectivity index (χ4n) is 4.15. The van der Waals surface area contributed by atoms with Gasteiger partial charge in [-0.3, -0.25) is 14.6 Å². The van der Waals surface area contributed by atoms with Crippen molar-refractivity contribution in [3.05, 3.63) is 76.2 Å². The highest BCUT2D eigenvalue weighted by Gasteiger charge is 2.30. The lowest BCUT2D eigenvalue weighted by Crippen LogP contribution is -2.49. The van der Waals surface area contributed by atoms with E-state index in [9.17, 15) is 19.5 Å². The number of aliphatic hydroxyl groups is 1. The van der Waals surface area contributed by atoms with Crippen molar-refractivity contribution in [2.24, 2.45) is 0 Å². The predicted molar refractivity (Wildman–Crippen MR) is 129 cm³/mol. The molecule has 35 heavy (non-hydrogen) atoms. The molecular formula is C25H25N3O6S. The summed E-state index contributed by atoms with van der Waals surface area (Å²) in [4.78, 5) is 40.9. The first-order valence-corrected chi connectivity index (χ1v) is 12.0. The van der Waals surface area contributed by atoms with Crippen LogP contribution in [0.15, 0.2) is 60.2 Å². The van der Waals surface area contributed by atoms with Crippen LogP contribution in [0.3, 0.4) is 0 Å². The number of hydrogen-bond acceptors (Lipinski definition) is 7. The van der Waals surface area contributed by atoms with E-state index in [4.69, 9.17) is 9.84 Å². The van der Waals surface area contributed by atoms with Gasteiger partial charge in [0, 0.05) is 30.0 Å². The molecular weight excluding hydrogens is 470 g/mol. The minimum atomic E-state index is -1.24. The molecule has 10 heteroatoms. The molecule has 2 unspecified atom stereocenters. The molecule has 4 rings (SSSR count). The number of carboxylic acid groups (broad SMARTS) is 1. The Morgan fingerprint density at radius 1 is 1.06 bits per heavy atom. The number of carbonyl (C=O) groups is 3. The van der Waals surface area contributed by atoms with Crippen LogP contribution in [0.25, 0.3) is 11.1 Å². The highest BCUT2D eigenvalue weighted by atomic mass is 32.1. The number of aromatic nitrogens is 1. The molecule has 1 aromatic heterocycles. The molecule has 1 heterocycles. The Bertz CT molecular complexity index is 1150. The Labute approximate surface area is 205 Å². The van der Waals surface area contributed by atoms with Crippen LogP contribution < -0.4 is 10.6 Å². The van der Waals surface area contributed by atoms with Crippen LogP contribution in [-0.2, 0) is 20.7 Å². The molecule has 0 spiro atoms. The fraction of sp³-hybridized carbons (Fsp3) is 0.280. The normalized spacial score (nSPS) is 13.9. The first kappa shape index (κ1) is 24.4. The summed E-state index contributed by atoms with van der Waals surface area (Å²) in [6.45, 7) is -0.150. The van der Waals surface area contributed by atoms with Crippen LogP contribution in [0, 0.1) is 0 Å². The third-order valence-electron chi connectivity index (χ3n) is 5.76. The zero-order chi connectivity index (χ0) is 24.8. The van der Waals surface area contributed by atoms with Gasteiger partial charge in [0.1, 0.15) is 12.6 Å². The molecule has 3 aromatic rings. The maximum atomic E-state index is 12.7. The van der Waals surface area contributed by atoms with Crippen LogP contribution in [-0.4, -0.2) is 58.5 Å². The molecule has 1 aliphatic carbocycles. The maximum absolute atomic E-state index is 12.7. The minimum Gasteiger partial charge on any atom is -0.481 e. The van der Waals surface area contributed by atoms with E-state index < -0.39 is 36.5 Å². The SMILES string of the molecule is O=C(O)CC(O)CNC(=O)C(Cc1cncs1)NC(=O)OCC1c2ccccc2-c2ccccc21. The second kappa shape index (κ2) is 11.1. The van der Waals surface area contributed by atoms with Crippen molar-refractivity contribution in [2.45, 2.75) is 30.9 Å².